The van der Waals surface area contributed by atoms with E-state index in [9.17, 15) is 0 Å². The Labute approximate surface area is 115 Å². The Balaban J connectivity index is 0.00000133. The molecule has 0 aliphatic carbocycles. The summed E-state index contributed by atoms with van der Waals surface area (Å²) in [5.74, 6) is 0. The smallest absolute Gasteiger partial charge is 0.184 e. The number of hydrogen-bond acceptors (Lipinski definition) is 5. The van der Waals surface area contributed by atoms with Crippen molar-refractivity contribution < 1.29 is 0 Å². The zero-order chi connectivity index (χ0) is 12.9. The minimum Gasteiger partial charge on any atom is -0.344 e. The van der Waals surface area contributed by atoms with Gasteiger partial charge in [0.15, 0.2) is 5.65 Å². The molecular weight excluding hydrogens is 264 g/mol. The molecule has 0 radical (unpaired) electrons. The van der Waals surface area contributed by atoms with E-state index in [1.165, 1.54) is 0 Å². The van der Waals surface area contributed by atoms with E-state index < -0.39 is 5.54 Å². The SMILES string of the molecule is CC(C)(N)c1nc2ccc(Cl)cc2n2cnnc12.N. The van der Waals surface area contributed by atoms with E-state index in [4.69, 9.17) is 17.3 Å². The standard InChI is InChI=1S/C12H12ClN5.H3N/c1-12(2,14)10-11-17-15-6-18(11)9-5-7(13)3-4-8(9)16-10;/h3-6H,14H2,1-2H3;1H3. The third-order valence-electron chi connectivity index (χ3n) is 2.80. The highest BCUT2D eigenvalue weighted by molar-refractivity contribution is 6.31. The topological polar surface area (TPSA) is 104 Å². The van der Waals surface area contributed by atoms with Gasteiger partial charge in [-0.05, 0) is 32.0 Å². The van der Waals surface area contributed by atoms with Crippen molar-refractivity contribution in [3.05, 3.63) is 35.2 Å². The number of fused-ring (bicyclic) bond motifs is 3. The molecule has 0 aliphatic heterocycles. The Kier molecular flexibility index (Phi) is 3.17. The summed E-state index contributed by atoms with van der Waals surface area (Å²) in [4.78, 5) is 4.58. The first-order valence-electron chi connectivity index (χ1n) is 5.55. The molecule has 0 amide bonds. The summed E-state index contributed by atoms with van der Waals surface area (Å²) in [5.41, 5.74) is 8.62. The molecule has 0 saturated heterocycles. The fourth-order valence-corrected chi connectivity index (χ4v) is 2.13. The van der Waals surface area contributed by atoms with Gasteiger partial charge >= 0.3 is 0 Å². The van der Waals surface area contributed by atoms with Gasteiger partial charge in [0, 0.05) is 5.02 Å². The lowest BCUT2D eigenvalue weighted by Crippen LogP contribution is -2.30. The highest BCUT2D eigenvalue weighted by Gasteiger charge is 2.22. The number of halogens is 1. The summed E-state index contributed by atoms with van der Waals surface area (Å²) in [7, 11) is 0. The quantitative estimate of drug-likeness (QED) is 0.710. The maximum Gasteiger partial charge on any atom is 0.184 e. The molecule has 2 heterocycles. The zero-order valence-corrected chi connectivity index (χ0v) is 11.5. The minimum atomic E-state index is -0.581. The number of benzene rings is 1. The molecule has 100 valence electrons. The highest BCUT2D eigenvalue weighted by Crippen LogP contribution is 2.25. The average molecular weight is 279 g/mol. The monoisotopic (exact) mass is 278 g/mol. The number of hydrogen-bond donors (Lipinski definition) is 2. The van der Waals surface area contributed by atoms with Crippen molar-refractivity contribution in [3.63, 3.8) is 0 Å². The molecule has 0 unspecified atom stereocenters. The average Bonchev–Trinajstić information content (AvgIpc) is 2.75. The van der Waals surface area contributed by atoms with Gasteiger partial charge in [-0.3, -0.25) is 4.40 Å². The van der Waals surface area contributed by atoms with Gasteiger partial charge in [0.2, 0.25) is 0 Å². The van der Waals surface area contributed by atoms with Gasteiger partial charge in [-0.15, -0.1) is 10.2 Å². The predicted molar refractivity (Wildman–Crippen MR) is 75.5 cm³/mol. The Morgan fingerprint density at radius 1 is 1.32 bits per heavy atom. The second-order valence-electron chi connectivity index (χ2n) is 4.84. The minimum absolute atomic E-state index is 0. The molecule has 2 aromatic heterocycles. The van der Waals surface area contributed by atoms with Gasteiger partial charge in [0.1, 0.15) is 12.0 Å². The lowest BCUT2D eigenvalue weighted by Gasteiger charge is -2.19. The Morgan fingerprint density at radius 2 is 2.05 bits per heavy atom. The van der Waals surface area contributed by atoms with Crippen LogP contribution in [0.5, 0.6) is 0 Å². The maximum absolute atomic E-state index is 6.13. The van der Waals surface area contributed by atoms with Gasteiger partial charge in [-0.2, -0.15) is 0 Å². The van der Waals surface area contributed by atoms with E-state index in [-0.39, 0.29) is 6.15 Å². The lowest BCUT2D eigenvalue weighted by atomic mass is 10.0. The molecule has 3 aromatic rings. The second-order valence-corrected chi connectivity index (χ2v) is 5.28. The van der Waals surface area contributed by atoms with Crippen LogP contribution in [0.1, 0.15) is 19.5 Å². The fraction of sp³-hybridized carbons (Fsp3) is 0.250. The number of aromatic nitrogens is 4. The van der Waals surface area contributed by atoms with Crippen molar-refractivity contribution in [2.24, 2.45) is 5.73 Å². The molecule has 7 heteroatoms. The van der Waals surface area contributed by atoms with Crippen molar-refractivity contribution in [1.29, 1.82) is 0 Å². The maximum atomic E-state index is 6.13. The zero-order valence-electron chi connectivity index (χ0n) is 10.8. The molecule has 0 fully saturated rings. The Morgan fingerprint density at radius 3 is 2.74 bits per heavy atom. The van der Waals surface area contributed by atoms with Crippen LogP contribution in [0.15, 0.2) is 24.5 Å². The summed E-state index contributed by atoms with van der Waals surface area (Å²) in [6, 6.07) is 5.51. The predicted octanol–water partition coefficient (Wildman–Crippen LogP) is 2.29. The molecule has 6 nitrogen and oxygen atoms in total. The van der Waals surface area contributed by atoms with Gasteiger partial charge in [0.05, 0.1) is 16.6 Å². The Hall–Kier alpha value is -1.76. The van der Waals surface area contributed by atoms with Gasteiger partial charge in [0.25, 0.3) is 0 Å². The molecule has 19 heavy (non-hydrogen) atoms. The molecule has 0 spiro atoms. The first-order valence-corrected chi connectivity index (χ1v) is 5.93. The highest BCUT2D eigenvalue weighted by atomic mass is 35.5. The number of rotatable bonds is 1. The summed E-state index contributed by atoms with van der Waals surface area (Å²) in [5, 5.41) is 8.67. The third-order valence-corrected chi connectivity index (χ3v) is 3.03. The van der Waals surface area contributed by atoms with Crippen LogP contribution in [0.3, 0.4) is 0 Å². The molecular formula is C12H15ClN6. The van der Waals surface area contributed by atoms with Crippen molar-refractivity contribution in [2.75, 3.05) is 0 Å². The van der Waals surface area contributed by atoms with Gasteiger partial charge in [-0.25, -0.2) is 4.98 Å². The van der Waals surface area contributed by atoms with E-state index in [0.29, 0.717) is 10.7 Å². The van der Waals surface area contributed by atoms with E-state index in [1.54, 1.807) is 12.4 Å². The van der Waals surface area contributed by atoms with Gasteiger partial charge in [-0.1, -0.05) is 11.6 Å². The lowest BCUT2D eigenvalue weighted by molar-refractivity contribution is 0.539. The van der Waals surface area contributed by atoms with Crippen LogP contribution < -0.4 is 11.9 Å². The van der Waals surface area contributed by atoms with E-state index in [2.05, 4.69) is 15.2 Å². The summed E-state index contributed by atoms with van der Waals surface area (Å²) >= 11 is 6.01. The van der Waals surface area contributed by atoms with Crippen molar-refractivity contribution in [2.45, 2.75) is 19.4 Å². The van der Waals surface area contributed by atoms with Crippen molar-refractivity contribution >= 4 is 28.3 Å². The fourth-order valence-electron chi connectivity index (χ4n) is 1.96. The molecule has 1 aromatic carbocycles. The van der Waals surface area contributed by atoms with Crippen LogP contribution in [0.25, 0.3) is 16.7 Å². The van der Waals surface area contributed by atoms with E-state index in [1.807, 2.05) is 30.4 Å². The first kappa shape index (κ1) is 13.7. The molecule has 0 aliphatic rings. The van der Waals surface area contributed by atoms with Crippen LogP contribution in [-0.4, -0.2) is 19.6 Å². The molecule has 0 saturated carbocycles. The molecule has 3 rings (SSSR count). The summed E-state index contributed by atoms with van der Waals surface area (Å²) < 4.78 is 1.86. The molecule has 0 atom stereocenters. The third kappa shape index (κ3) is 2.14. The normalized spacial score (nSPS) is 11.8. The van der Waals surface area contributed by atoms with Gasteiger partial charge < -0.3 is 11.9 Å². The van der Waals surface area contributed by atoms with Crippen LogP contribution in [0, 0.1) is 0 Å². The Bertz CT molecular complexity index is 743. The van der Waals surface area contributed by atoms with Crippen LogP contribution in [0.2, 0.25) is 5.02 Å². The second kappa shape index (κ2) is 4.41. The van der Waals surface area contributed by atoms with E-state index >= 15 is 0 Å². The first-order chi connectivity index (χ1) is 8.47. The van der Waals surface area contributed by atoms with Crippen LogP contribution in [-0.2, 0) is 5.54 Å². The largest absolute Gasteiger partial charge is 0.344 e. The summed E-state index contributed by atoms with van der Waals surface area (Å²) in [6.45, 7) is 3.79. The summed E-state index contributed by atoms with van der Waals surface area (Å²) in [6.07, 6.45) is 1.64. The molecule has 0 bridgehead atoms. The molecule has 5 N–H and O–H groups in total. The van der Waals surface area contributed by atoms with Crippen LogP contribution >= 0.6 is 11.6 Å². The van der Waals surface area contributed by atoms with E-state index in [0.717, 1.165) is 16.7 Å². The van der Waals surface area contributed by atoms with Crippen molar-refractivity contribution in [3.8, 4) is 0 Å². The van der Waals surface area contributed by atoms with Crippen LogP contribution in [0.4, 0.5) is 0 Å². The number of nitrogens with two attached hydrogens (primary N) is 1. The van der Waals surface area contributed by atoms with Crippen molar-refractivity contribution in [1.82, 2.24) is 25.7 Å². The number of nitrogens with zero attached hydrogens (tertiary/aromatic N) is 4.